The molecule has 2 rings (SSSR count). The molecule has 0 spiro atoms. The van der Waals surface area contributed by atoms with Gasteiger partial charge in [0.25, 0.3) is 0 Å². The molecule has 0 bridgehead atoms. The molecule has 2 aromatic carbocycles. The first-order valence-electron chi connectivity index (χ1n) is 6.09. The van der Waals surface area contributed by atoms with Crippen molar-refractivity contribution >= 4 is 0 Å². The van der Waals surface area contributed by atoms with Gasteiger partial charge in [0, 0.05) is 5.41 Å². The molecule has 0 N–H and O–H groups in total. The Kier molecular flexibility index (Phi) is 3.33. The van der Waals surface area contributed by atoms with E-state index in [9.17, 15) is 0 Å². The van der Waals surface area contributed by atoms with Crippen molar-refractivity contribution < 1.29 is 0 Å². The maximum atomic E-state index is 3.91. The number of rotatable bonds is 3. The summed E-state index contributed by atoms with van der Waals surface area (Å²) in [6, 6.07) is 19.4. The standard InChI is InChI=1S/C17H19/c1-4-14-10-12-16(13-11-14)17(2,3)15-8-6-5-7-9-15/h5-13H,1,4H2,2-3H3. The molecule has 0 unspecified atom stereocenters. The van der Waals surface area contributed by atoms with Crippen LogP contribution in [-0.4, -0.2) is 0 Å². The molecule has 1 radical (unpaired) electrons. The van der Waals surface area contributed by atoms with E-state index in [0.29, 0.717) is 0 Å². The highest BCUT2D eigenvalue weighted by Gasteiger charge is 2.22. The smallest absolute Gasteiger partial charge is 0.0146 e. The van der Waals surface area contributed by atoms with Gasteiger partial charge in [-0.1, -0.05) is 68.4 Å². The Morgan fingerprint density at radius 3 is 1.88 bits per heavy atom. The van der Waals surface area contributed by atoms with E-state index in [0.717, 1.165) is 6.42 Å². The average Bonchev–Trinajstić information content (AvgIpc) is 2.40. The summed E-state index contributed by atoms with van der Waals surface area (Å²) in [6.07, 6.45) is 0.853. The van der Waals surface area contributed by atoms with E-state index in [-0.39, 0.29) is 5.41 Å². The predicted molar refractivity (Wildman–Crippen MR) is 74.1 cm³/mol. The van der Waals surface area contributed by atoms with Crippen molar-refractivity contribution in [2.24, 2.45) is 0 Å². The molecule has 0 nitrogen and oxygen atoms in total. The van der Waals surface area contributed by atoms with Gasteiger partial charge in [0.1, 0.15) is 0 Å². The summed E-state index contributed by atoms with van der Waals surface area (Å²) in [6.45, 7) is 8.44. The second kappa shape index (κ2) is 4.75. The summed E-state index contributed by atoms with van der Waals surface area (Å²) in [7, 11) is 0. The van der Waals surface area contributed by atoms with Crippen molar-refractivity contribution in [3.8, 4) is 0 Å². The van der Waals surface area contributed by atoms with E-state index in [1.54, 1.807) is 0 Å². The number of hydrogen-bond donors (Lipinski definition) is 0. The summed E-state index contributed by atoms with van der Waals surface area (Å²) in [4.78, 5) is 0. The van der Waals surface area contributed by atoms with E-state index in [1.165, 1.54) is 16.7 Å². The Morgan fingerprint density at radius 1 is 0.824 bits per heavy atom. The van der Waals surface area contributed by atoms with Crippen LogP contribution in [0.3, 0.4) is 0 Å². The van der Waals surface area contributed by atoms with E-state index in [1.807, 2.05) is 0 Å². The molecule has 0 amide bonds. The van der Waals surface area contributed by atoms with Crippen LogP contribution >= 0.6 is 0 Å². The van der Waals surface area contributed by atoms with Gasteiger partial charge >= 0.3 is 0 Å². The largest absolute Gasteiger partial charge is 0.0622 e. The minimum absolute atomic E-state index is 0.0565. The van der Waals surface area contributed by atoms with Crippen molar-refractivity contribution in [3.63, 3.8) is 0 Å². The Morgan fingerprint density at radius 2 is 1.35 bits per heavy atom. The van der Waals surface area contributed by atoms with E-state index in [4.69, 9.17) is 0 Å². The monoisotopic (exact) mass is 223 g/mol. The third kappa shape index (κ3) is 2.41. The van der Waals surface area contributed by atoms with E-state index in [2.05, 4.69) is 75.4 Å². The lowest BCUT2D eigenvalue weighted by atomic mass is 9.78. The molecule has 0 aromatic heterocycles. The van der Waals surface area contributed by atoms with Crippen molar-refractivity contribution in [1.29, 1.82) is 0 Å². The van der Waals surface area contributed by atoms with Crippen LogP contribution in [0, 0.1) is 6.92 Å². The molecule has 0 heterocycles. The maximum Gasteiger partial charge on any atom is 0.0146 e. The van der Waals surface area contributed by atoms with Crippen molar-refractivity contribution in [2.75, 3.05) is 0 Å². The van der Waals surface area contributed by atoms with Gasteiger partial charge in [-0.3, -0.25) is 0 Å². The summed E-state index contributed by atoms with van der Waals surface area (Å²) in [5.74, 6) is 0. The van der Waals surface area contributed by atoms with Gasteiger partial charge in [0.15, 0.2) is 0 Å². The zero-order chi connectivity index (χ0) is 12.3. The normalized spacial score (nSPS) is 11.5. The molecule has 0 fully saturated rings. The van der Waals surface area contributed by atoms with Crippen LogP contribution in [0.15, 0.2) is 54.6 Å². The SMILES string of the molecule is [CH2]Cc1ccc(C(C)(C)c2ccccc2)cc1. The van der Waals surface area contributed by atoms with E-state index < -0.39 is 0 Å². The molecule has 0 aliphatic heterocycles. The van der Waals surface area contributed by atoms with Gasteiger partial charge in [-0.15, -0.1) is 0 Å². The first-order valence-corrected chi connectivity index (χ1v) is 6.09. The molecule has 0 saturated heterocycles. The van der Waals surface area contributed by atoms with Crippen LogP contribution in [0.1, 0.15) is 30.5 Å². The lowest BCUT2D eigenvalue weighted by Crippen LogP contribution is -2.18. The third-order valence-corrected chi connectivity index (χ3v) is 3.46. The highest BCUT2D eigenvalue weighted by Crippen LogP contribution is 2.31. The van der Waals surface area contributed by atoms with Crippen LogP contribution in [0.5, 0.6) is 0 Å². The Bertz CT molecular complexity index is 463. The van der Waals surface area contributed by atoms with Gasteiger partial charge < -0.3 is 0 Å². The van der Waals surface area contributed by atoms with Gasteiger partial charge in [0.2, 0.25) is 0 Å². The molecule has 0 saturated carbocycles. The molecular weight excluding hydrogens is 204 g/mol. The zero-order valence-corrected chi connectivity index (χ0v) is 10.6. The first kappa shape index (κ1) is 11.9. The van der Waals surface area contributed by atoms with Gasteiger partial charge in [0.05, 0.1) is 0 Å². The molecule has 0 atom stereocenters. The Hall–Kier alpha value is -1.56. The summed E-state index contributed by atoms with van der Waals surface area (Å²) >= 11 is 0. The fraction of sp³-hybridized carbons (Fsp3) is 0.235. The quantitative estimate of drug-likeness (QED) is 0.724. The minimum Gasteiger partial charge on any atom is -0.0622 e. The fourth-order valence-corrected chi connectivity index (χ4v) is 2.11. The van der Waals surface area contributed by atoms with Crippen LogP contribution in [0.2, 0.25) is 0 Å². The molecular formula is C17H19. The average molecular weight is 223 g/mol. The minimum atomic E-state index is 0.0565. The van der Waals surface area contributed by atoms with Gasteiger partial charge in [-0.25, -0.2) is 0 Å². The second-order valence-electron chi connectivity index (χ2n) is 4.94. The molecule has 87 valence electrons. The van der Waals surface area contributed by atoms with Crippen LogP contribution in [-0.2, 0) is 11.8 Å². The molecule has 2 aromatic rings. The molecule has 0 heteroatoms. The number of benzene rings is 2. The highest BCUT2D eigenvalue weighted by molar-refractivity contribution is 5.38. The summed E-state index contributed by atoms with van der Waals surface area (Å²) in [5.41, 5.74) is 4.04. The van der Waals surface area contributed by atoms with Crippen molar-refractivity contribution in [3.05, 3.63) is 78.2 Å². The topological polar surface area (TPSA) is 0 Å². The predicted octanol–water partition coefficient (Wildman–Crippen LogP) is 4.39. The zero-order valence-electron chi connectivity index (χ0n) is 10.6. The Balaban J connectivity index is 2.37. The third-order valence-electron chi connectivity index (χ3n) is 3.46. The van der Waals surface area contributed by atoms with Crippen LogP contribution < -0.4 is 0 Å². The van der Waals surface area contributed by atoms with Crippen molar-refractivity contribution in [2.45, 2.75) is 25.7 Å². The van der Waals surface area contributed by atoms with Gasteiger partial charge in [-0.2, -0.15) is 0 Å². The van der Waals surface area contributed by atoms with Crippen LogP contribution in [0.4, 0.5) is 0 Å². The first-order chi connectivity index (χ1) is 8.14. The molecule has 0 aliphatic rings. The lowest BCUT2D eigenvalue weighted by molar-refractivity contribution is 0.640. The summed E-state index contributed by atoms with van der Waals surface area (Å²) in [5, 5.41) is 0. The summed E-state index contributed by atoms with van der Waals surface area (Å²) < 4.78 is 0. The lowest BCUT2D eigenvalue weighted by Gasteiger charge is -2.26. The number of hydrogen-bond acceptors (Lipinski definition) is 0. The van der Waals surface area contributed by atoms with Crippen LogP contribution in [0.25, 0.3) is 0 Å². The molecule has 0 aliphatic carbocycles. The second-order valence-corrected chi connectivity index (χ2v) is 4.94. The van der Waals surface area contributed by atoms with E-state index >= 15 is 0 Å². The Labute approximate surface area is 104 Å². The van der Waals surface area contributed by atoms with Crippen molar-refractivity contribution in [1.82, 2.24) is 0 Å². The highest BCUT2D eigenvalue weighted by atomic mass is 14.3. The van der Waals surface area contributed by atoms with Gasteiger partial charge in [-0.05, 0) is 30.0 Å². The maximum absolute atomic E-state index is 3.91. The fourth-order valence-electron chi connectivity index (χ4n) is 2.11. The molecule has 17 heavy (non-hydrogen) atoms.